The second-order valence-electron chi connectivity index (χ2n) is 4.92. The van der Waals surface area contributed by atoms with Crippen LogP contribution in [0.3, 0.4) is 0 Å². The summed E-state index contributed by atoms with van der Waals surface area (Å²) in [7, 11) is 0. The van der Waals surface area contributed by atoms with E-state index in [1.54, 1.807) is 0 Å². The molecule has 1 aliphatic rings. The van der Waals surface area contributed by atoms with Gasteiger partial charge in [0.15, 0.2) is 5.67 Å². The zero-order chi connectivity index (χ0) is 11.0. The van der Waals surface area contributed by atoms with Crippen LogP contribution < -0.4 is 5.32 Å². The monoisotopic (exact) mass is 201 g/mol. The third-order valence-corrected chi connectivity index (χ3v) is 2.45. The molecule has 0 radical (unpaired) electrons. The van der Waals surface area contributed by atoms with Gasteiger partial charge in [0.05, 0.1) is 6.04 Å². The van der Waals surface area contributed by atoms with Crippen molar-refractivity contribution in [3.63, 3.8) is 0 Å². The van der Waals surface area contributed by atoms with Crippen LogP contribution in [-0.2, 0) is 9.59 Å². The number of hydrogen-bond acceptors (Lipinski definition) is 2. The van der Waals surface area contributed by atoms with Gasteiger partial charge in [-0.15, -0.1) is 0 Å². The fraction of sp³-hybridized carbons (Fsp3) is 0.800. The summed E-state index contributed by atoms with van der Waals surface area (Å²) >= 11 is 0. The van der Waals surface area contributed by atoms with Crippen molar-refractivity contribution in [2.24, 2.45) is 5.41 Å². The van der Waals surface area contributed by atoms with Crippen molar-refractivity contribution >= 4 is 12.2 Å². The Morgan fingerprint density at radius 3 is 2.29 bits per heavy atom. The molecule has 0 saturated heterocycles. The molecule has 1 fully saturated rings. The molecule has 0 spiro atoms. The third-order valence-electron chi connectivity index (χ3n) is 2.45. The second kappa shape index (κ2) is 3.33. The Labute approximate surface area is 83.1 Å². The molecule has 0 bridgehead atoms. The van der Waals surface area contributed by atoms with Crippen molar-refractivity contribution < 1.29 is 14.0 Å². The van der Waals surface area contributed by atoms with Gasteiger partial charge in [-0.05, 0) is 18.3 Å². The molecule has 0 aromatic rings. The zero-order valence-corrected chi connectivity index (χ0v) is 8.76. The van der Waals surface area contributed by atoms with Crippen LogP contribution in [0.5, 0.6) is 0 Å². The maximum Gasteiger partial charge on any atom is 0.258 e. The van der Waals surface area contributed by atoms with Crippen molar-refractivity contribution in [3.05, 3.63) is 0 Å². The summed E-state index contributed by atoms with van der Waals surface area (Å²) in [6.45, 7) is 5.47. The molecule has 0 aromatic heterocycles. The van der Waals surface area contributed by atoms with Gasteiger partial charge < -0.3 is 10.1 Å². The maximum atomic E-state index is 13.3. The lowest BCUT2D eigenvalue weighted by molar-refractivity contribution is -0.131. The van der Waals surface area contributed by atoms with Crippen molar-refractivity contribution in [2.75, 3.05) is 0 Å². The van der Waals surface area contributed by atoms with Crippen molar-refractivity contribution in [1.82, 2.24) is 5.32 Å². The average Bonchev–Trinajstić information content (AvgIpc) is 2.78. The van der Waals surface area contributed by atoms with Crippen LogP contribution in [0.2, 0.25) is 0 Å². The Bertz CT molecular complexity index is 253. The van der Waals surface area contributed by atoms with Crippen molar-refractivity contribution in [3.8, 4) is 0 Å². The normalized spacial score (nSPS) is 21.1. The Kier molecular flexibility index (Phi) is 2.65. The predicted octanol–water partition coefficient (Wildman–Crippen LogP) is 1.22. The van der Waals surface area contributed by atoms with E-state index in [4.69, 9.17) is 0 Å². The minimum atomic E-state index is -1.70. The molecule has 0 aliphatic heterocycles. The summed E-state index contributed by atoms with van der Waals surface area (Å²) in [6, 6.07) is -0.622. The Balaban J connectivity index is 2.57. The predicted molar refractivity (Wildman–Crippen MR) is 50.5 cm³/mol. The topological polar surface area (TPSA) is 46.2 Å². The van der Waals surface area contributed by atoms with E-state index in [1.165, 1.54) is 0 Å². The molecule has 1 atom stereocenters. The largest absolute Gasteiger partial charge is 0.343 e. The molecule has 0 aromatic carbocycles. The fourth-order valence-electron chi connectivity index (χ4n) is 1.06. The molecule has 1 saturated carbocycles. The number of halogens is 1. The molecule has 4 heteroatoms. The quantitative estimate of drug-likeness (QED) is 0.698. The van der Waals surface area contributed by atoms with Crippen LogP contribution in [0.1, 0.15) is 33.6 Å². The zero-order valence-electron chi connectivity index (χ0n) is 8.76. The first kappa shape index (κ1) is 11.1. The summed E-state index contributed by atoms with van der Waals surface area (Å²) in [5.41, 5.74) is -2.07. The van der Waals surface area contributed by atoms with E-state index in [1.807, 2.05) is 20.8 Å². The molecule has 0 heterocycles. The number of amides is 1. The lowest BCUT2D eigenvalue weighted by atomic mass is 9.87. The molecule has 3 nitrogen and oxygen atoms in total. The highest BCUT2D eigenvalue weighted by Gasteiger charge is 2.51. The molecule has 1 amide bonds. The van der Waals surface area contributed by atoms with Crippen LogP contribution >= 0.6 is 0 Å². The van der Waals surface area contributed by atoms with Crippen LogP contribution in [0.25, 0.3) is 0 Å². The maximum absolute atomic E-state index is 13.3. The minimum Gasteiger partial charge on any atom is -0.343 e. The van der Waals surface area contributed by atoms with Gasteiger partial charge in [0.25, 0.3) is 5.91 Å². The van der Waals surface area contributed by atoms with Crippen LogP contribution in [0.15, 0.2) is 0 Å². The number of aldehydes is 1. The van der Waals surface area contributed by atoms with E-state index in [-0.39, 0.29) is 18.3 Å². The molecule has 14 heavy (non-hydrogen) atoms. The molecular formula is C10H16FNO2. The van der Waals surface area contributed by atoms with Crippen LogP contribution in [-0.4, -0.2) is 23.9 Å². The highest BCUT2D eigenvalue weighted by molar-refractivity contribution is 5.89. The Morgan fingerprint density at radius 1 is 1.50 bits per heavy atom. The van der Waals surface area contributed by atoms with E-state index in [9.17, 15) is 14.0 Å². The second-order valence-corrected chi connectivity index (χ2v) is 4.92. The fourth-order valence-corrected chi connectivity index (χ4v) is 1.06. The molecular weight excluding hydrogens is 185 g/mol. The van der Waals surface area contributed by atoms with Gasteiger partial charge in [0.1, 0.15) is 6.29 Å². The van der Waals surface area contributed by atoms with E-state index < -0.39 is 17.6 Å². The average molecular weight is 201 g/mol. The Morgan fingerprint density at radius 2 is 2.00 bits per heavy atom. The summed E-state index contributed by atoms with van der Waals surface area (Å²) in [6.07, 6.45) is 1.20. The van der Waals surface area contributed by atoms with E-state index in [0.29, 0.717) is 6.29 Å². The number of rotatable bonds is 3. The highest BCUT2D eigenvalue weighted by atomic mass is 19.1. The summed E-state index contributed by atoms with van der Waals surface area (Å²) in [5.74, 6) is -0.649. The smallest absolute Gasteiger partial charge is 0.258 e. The minimum absolute atomic E-state index is 0.272. The number of alkyl halides is 1. The van der Waals surface area contributed by atoms with Crippen molar-refractivity contribution in [1.29, 1.82) is 0 Å². The molecule has 1 aliphatic carbocycles. The number of hydrogen-bond donors (Lipinski definition) is 1. The van der Waals surface area contributed by atoms with Gasteiger partial charge in [-0.1, -0.05) is 20.8 Å². The first-order valence-corrected chi connectivity index (χ1v) is 4.75. The molecule has 1 rings (SSSR count). The first-order valence-electron chi connectivity index (χ1n) is 4.75. The van der Waals surface area contributed by atoms with Gasteiger partial charge in [0, 0.05) is 0 Å². The SMILES string of the molecule is CC(C)(C)[C@@H](C=O)NC(=O)C1(F)CC1. The van der Waals surface area contributed by atoms with Gasteiger partial charge in [-0.25, -0.2) is 4.39 Å². The Hall–Kier alpha value is -0.930. The summed E-state index contributed by atoms with van der Waals surface area (Å²) in [5, 5.41) is 2.43. The third kappa shape index (κ3) is 2.30. The summed E-state index contributed by atoms with van der Waals surface area (Å²) in [4.78, 5) is 22.0. The number of carbonyl (C=O) groups is 2. The van der Waals surface area contributed by atoms with Crippen LogP contribution in [0.4, 0.5) is 4.39 Å². The van der Waals surface area contributed by atoms with Crippen molar-refractivity contribution in [2.45, 2.75) is 45.3 Å². The number of carbonyl (C=O) groups excluding carboxylic acids is 2. The van der Waals surface area contributed by atoms with E-state index in [2.05, 4.69) is 5.32 Å². The number of nitrogens with one attached hydrogen (secondary N) is 1. The highest BCUT2D eigenvalue weighted by Crippen LogP contribution is 2.40. The van der Waals surface area contributed by atoms with Gasteiger partial charge in [-0.3, -0.25) is 4.79 Å². The molecule has 1 N–H and O–H groups in total. The van der Waals surface area contributed by atoms with Gasteiger partial charge in [-0.2, -0.15) is 0 Å². The van der Waals surface area contributed by atoms with E-state index >= 15 is 0 Å². The van der Waals surface area contributed by atoms with Crippen LogP contribution in [0, 0.1) is 5.41 Å². The summed E-state index contributed by atoms with van der Waals surface area (Å²) < 4.78 is 13.3. The van der Waals surface area contributed by atoms with Gasteiger partial charge in [0.2, 0.25) is 0 Å². The van der Waals surface area contributed by atoms with Gasteiger partial charge >= 0.3 is 0 Å². The molecule has 80 valence electrons. The first-order chi connectivity index (χ1) is 6.29. The lowest BCUT2D eigenvalue weighted by Gasteiger charge is -2.27. The molecule has 0 unspecified atom stereocenters. The lowest BCUT2D eigenvalue weighted by Crippen LogP contribution is -2.48. The standard InChI is InChI=1S/C10H16FNO2/c1-9(2,3)7(6-13)12-8(14)10(11)4-5-10/h6-7H,4-5H2,1-3H3,(H,12,14)/t7-/m1/s1. The van der Waals surface area contributed by atoms with E-state index in [0.717, 1.165) is 0 Å².